The Morgan fingerprint density at radius 2 is 1.69 bits per heavy atom. The van der Waals surface area contributed by atoms with Gasteiger partial charge in [-0.25, -0.2) is 8.42 Å². The molecule has 1 aromatic carbocycles. The molecule has 0 atom stereocenters. The van der Waals surface area contributed by atoms with Crippen molar-refractivity contribution in [2.75, 3.05) is 26.2 Å². The standard InChI is InChI=1S/C16H20BrF3N2O3S/c17-12-3-4-15(14(11-12)25-16(18,19)20)26(23,24)22-9-5-13(6-10-22)21-7-1-2-8-21/h3-4,11,13H,1-2,5-10H2. The molecule has 10 heteroatoms. The number of halogens is 4. The van der Waals surface area contributed by atoms with Crippen molar-refractivity contribution in [2.24, 2.45) is 0 Å². The minimum atomic E-state index is -4.96. The van der Waals surface area contributed by atoms with E-state index in [2.05, 4.69) is 25.6 Å². The minimum Gasteiger partial charge on any atom is -0.404 e. The van der Waals surface area contributed by atoms with Crippen molar-refractivity contribution >= 4 is 26.0 Å². The van der Waals surface area contributed by atoms with Crippen molar-refractivity contribution < 1.29 is 26.3 Å². The van der Waals surface area contributed by atoms with E-state index in [1.807, 2.05) is 0 Å². The lowest BCUT2D eigenvalue weighted by Crippen LogP contribution is -2.45. The third kappa shape index (κ3) is 4.52. The van der Waals surface area contributed by atoms with E-state index >= 15 is 0 Å². The molecule has 1 aromatic rings. The summed E-state index contributed by atoms with van der Waals surface area (Å²) in [6, 6.07) is 3.91. The van der Waals surface area contributed by atoms with Crippen LogP contribution in [0.2, 0.25) is 0 Å². The Bertz CT molecular complexity index is 744. The van der Waals surface area contributed by atoms with Gasteiger partial charge in [0.05, 0.1) is 0 Å². The van der Waals surface area contributed by atoms with Crippen LogP contribution in [0.1, 0.15) is 25.7 Å². The molecule has 5 nitrogen and oxygen atoms in total. The zero-order valence-corrected chi connectivity index (χ0v) is 16.4. The summed E-state index contributed by atoms with van der Waals surface area (Å²) in [6.07, 6.45) is -1.27. The summed E-state index contributed by atoms with van der Waals surface area (Å²) in [5.41, 5.74) is 0. The molecule has 2 aliphatic heterocycles. The fourth-order valence-electron chi connectivity index (χ4n) is 3.59. The van der Waals surface area contributed by atoms with Gasteiger partial charge in [0.1, 0.15) is 4.90 Å². The van der Waals surface area contributed by atoms with E-state index in [0.717, 1.165) is 38.1 Å². The van der Waals surface area contributed by atoms with Gasteiger partial charge in [-0.1, -0.05) is 15.9 Å². The Hall–Kier alpha value is -0.840. The average molecular weight is 457 g/mol. The molecule has 0 N–H and O–H groups in total. The number of rotatable bonds is 4. The second-order valence-corrected chi connectivity index (χ2v) is 9.34. The highest BCUT2D eigenvalue weighted by atomic mass is 79.9. The molecule has 146 valence electrons. The predicted octanol–water partition coefficient (Wildman–Crippen LogP) is 3.60. The second kappa shape index (κ2) is 7.65. The summed E-state index contributed by atoms with van der Waals surface area (Å²) >= 11 is 3.05. The number of hydrogen-bond donors (Lipinski definition) is 0. The Morgan fingerprint density at radius 1 is 1.08 bits per heavy atom. The normalized spacial score (nSPS) is 21.2. The molecule has 0 saturated carbocycles. The first-order valence-corrected chi connectivity index (χ1v) is 10.7. The number of sulfonamides is 1. The number of benzene rings is 1. The molecule has 2 fully saturated rings. The molecule has 0 radical (unpaired) electrons. The van der Waals surface area contributed by atoms with E-state index < -0.39 is 27.0 Å². The van der Waals surface area contributed by atoms with Gasteiger partial charge in [-0.05, 0) is 57.0 Å². The molecular formula is C16H20BrF3N2O3S. The second-order valence-electron chi connectivity index (χ2n) is 6.52. The number of alkyl halides is 3. The molecule has 0 spiro atoms. The minimum absolute atomic E-state index is 0.297. The van der Waals surface area contributed by atoms with E-state index in [0.29, 0.717) is 36.4 Å². The van der Waals surface area contributed by atoms with Crippen molar-refractivity contribution in [1.82, 2.24) is 9.21 Å². The van der Waals surface area contributed by atoms with Crippen LogP contribution >= 0.6 is 15.9 Å². The van der Waals surface area contributed by atoms with Gasteiger partial charge in [-0.15, -0.1) is 13.2 Å². The largest absolute Gasteiger partial charge is 0.573 e. The van der Waals surface area contributed by atoms with Gasteiger partial charge in [0.15, 0.2) is 5.75 Å². The average Bonchev–Trinajstić information content (AvgIpc) is 3.07. The van der Waals surface area contributed by atoms with E-state index in [1.165, 1.54) is 10.4 Å². The monoisotopic (exact) mass is 456 g/mol. The summed E-state index contributed by atoms with van der Waals surface area (Å²) in [7, 11) is -4.06. The summed E-state index contributed by atoms with van der Waals surface area (Å²) < 4.78 is 69.2. The lowest BCUT2D eigenvalue weighted by molar-refractivity contribution is -0.275. The Balaban J connectivity index is 1.78. The molecule has 0 aliphatic carbocycles. The first kappa shape index (κ1) is 19.9. The van der Waals surface area contributed by atoms with Crippen LogP contribution in [0.15, 0.2) is 27.6 Å². The maximum absolute atomic E-state index is 12.9. The first-order valence-electron chi connectivity index (χ1n) is 8.46. The number of likely N-dealkylation sites (tertiary alicyclic amines) is 1. The van der Waals surface area contributed by atoms with Crippen LogP contribution in [0.4, 0.5) is 13.2 Å². The molecular weight excluding hydrogens is 437 g/mol. The van der Waals surface area contributed by atoms with Gasteiger partial charge in [0.2, 0.25) is 10.0 Å². The molecule has 0 unspecified atom stereocenters. The molecule has 0 amide bonds. The van der Waals surface area contributed by atoms with Crippen LogP contribution < -0.4 is 4.74 Å². The topological polar surface area (TPSA) is 49.9 Å². The lowest BCUT2D eigenvalue weighted by Gasteiger charge is -2.36. The molecule has 2 saturated heterocycles. The lowest BCUT2D eigenvalue weighted by atomic mass is 10.1. The zero-order chi connectivity index (χ0) is 18.9. The van der Waals surface area contributed by atoms with Gasteiger partial charge in [-0.3, -0.25) is 0 Å². The van der Waals surface area contributed by atoms with Gasteiger partial charge in [-0.2, -0.15) is 4.31 Å². The predicted molar refractivity (Wildman–Crippen MR) is 93.4 cm³/mol. The van der Waals surface area contributed by atoms with Crippen LogP contribution in [-0.4, -0.2) is 56.2 Å². The van der Waals surface area contributed by atoms with Crippen LogP contribution in [0, 0.1) is 0 Å². The number of ether oxygens (including phenoxy) is 1. The van der Waals surface area contributed by atoms with Crippen LogP contribution in [0.3, 0.4) is 0 Å². The highest BCUT2D eigenvalue weighted by molar-refractivity contribution is 9.10. The SMILES string of the molecule is O=S(=O)(c1ccc(Br)cc1OC(F)(F)F)N1CCC(N2CCCC2)CC1. The smallest absolute Gasteiger partial charge is 0.404 e. The van der Waals surface area contributed by atoms with Gasteiger partial charge in [0.25, 0.3) is 0 Å². The molecule has 26 heavy (non-hydrogen) atoms. The van der Waals surface area contributed by atoms with Gasteiger partial charge in [0, 0.05) is 23.6 Å². The van der Waals surface area contributed by atoms with Crippen LogP contribution in [0.5, 0.6) is 5.75 Å². The van der Waals surface area contributed by atoms with E-state index in [1.54, 1.807) is 0 Å². The fraction of sp³-hybridized carbons (Fsp3) is 0.625. The molecule has 0 bridgehead atoms. The third-order valence-corrected chi connectivity index (χ3v) is 7.26. The maximum atomic E-state index is 12.9. The summed E-state index contributed by atoms with van der Waals surface area (Å²) in [5.74, 6) is -0.714. The van der Waals surface area contributed by atoms with Gasteiger partial charge < -0.3 is 9.64 Å². The molecule has 2 aliphatic rings. The quantitative estimate of drug-likeness (QED) is 0.694. The summed E-state index contributed by atoms with van der Waals surface area (Å²) in [4.78, 5) is 1.92. The first-order chi connectivity index (χ1) is 12.2. The Kier molecular flexibility index (Phi) is 5.86. The molecule has 0 aromatic heterocycles. The van der Waals surface area contributed by atoms with Crippen LogP contribution in [-0.2, 0) is 10.0 Å². The van der Waals surface area contributed by atoms with Crippen molar-refractivity contribution in [3.8, 4) is 5.75 Å². The van der Waals surface area contributed by atoms with Gasteiger partial charge >= 0.3 is 6.36 Å². The zero-order valence-electron chi connectivity index (χ0n) is 14.0. The maximum Gasteiger partial charge on any atom is 0.573 e. The van der Waals surface area contributed by atoms with Crippen molar-refractivity contribution in [3.63, 3.8) is 0 Å². The van der Waals surface area contributed by atoms with E-state index in [-0.39, 0.29) is 0 Å². The van der Waals surface area contributed by atoms with Crippen molar-refractivity contribution in [1.29, 1.82) is 0 Å². The molecule has 2 heterocycles. The fourth-order valence-corrected chi connectivity index (χ4v) is 5.50. The highest BCUT2D eigenvalue weighted by Gasteiger charge is 2.37. The summed E-state index contributed by atoms with van der Waals surface area (Å²) in [5, 5.41) is 0. The molecule has 3 rings (SSSR count). The number of piperidine rings is 1. The van der Waals surface area contributed by atoms with Crippen molar-refractivity contribution in [3.05, 3.63) is 22.7 Å². The van der Waals surface area contributed by atoms with E-state index in [9.17, 15) is 21.6 Å². The number of hydrogen-bond acceptors (Lipinski definition) is 4. The Morgan fingerprint density at radius 3 is 2.27 bits per heavy atom. The highest BCUT2D eigenvalue weighted by Crippen LogP contribution is 2.35. The van der Waals surface area contributed by atoms with Crippen molar-refractivity contribution in [2.45, 2.75) is 43.0 Å². The number of nitrogens with zero attached hydrogens (tertiary/aromatic N) is 2. The van der Waals surface area contributed by atoms with E-state index in [4.69, 9.17) is 0 Å². The van der Waals surface area contributed by atoms with Crippen LogP contribution in [0.25, 0.3) is 0 Å². The summed E-state index contributed by atoms with van der Waals surface area (Å²) in [6.45, 7) is 2.66. The third-order valence-electron chi connectivity index (χ3n) is 4.83. The Labute approximate surface area is 159 Å².